The molecule has 2 aliphatic rings. The number of aryl methyl sites for hydroxylation is 1. The fourth-order valence-corrected chi connectivity index (χ4v) is 4.58. The molecule has 10 heteroatoms. The fourth-order valence-electron chi connectivity index (χ4n) is 3.97. The molecule has 9 nitrogen and oxygen atoms in total. The van der Waals surface area contributed by atoms with Gasteiger partial charge in [0.25, 0.3) is 5.56 Å². The van der Waals surface area contributed by atoms with Crippen LogP contribution in [0.5, 0.6) is 0 Å². The van der Waals surface area contributed by atoms with E-state index >= 15 is 0 Å². The van der Waals surface area contributed by atoms with Crippen molar-refractivity contribution in [2.45, 2.75) is 57.6 Å². The third-order valence-corrected chi connectivity index (χ3v) is 6.96. The number of sulfonamides is 1. The van der Waals surface area contributed by atoms with E-state index < -0.39 is 72.0 Å². The van der Waals surface area contributed by atoms with Gasteiger partial charge in [0.15, 0.2) is 0 Å². The van der Waals surface area contributed by atoms with Crippen LogP contribution in [0.3, 0.4) is 0 Å². The summed E-state index contributed by atoms with van der Waals surface area (Å²) in [6, 6.07) is -0.903. The average Bonchev–Trinajstić information content (AvgIpc) is 3.06. The molecule has 0 unspecified atom stereocenters. The molecule has 3 heterocycles. The molecule has 0 amide bonds. The summed E-state index contributed by atoms with van der Waals surface area (Å²) in [5.74, 6) is -0.582. The number of hydrogen-bond donors (Lipinski definition) is 2. The molecular weight excluding hydrogens is 406 g/mol. The zero-order chi connectivity index (χ0) is 27.7. The Morgan fingerprint density at radius 2 is 2.07 bits per heavy atom. The summed E-state index contributed by atoms with van der Waals surface area (Å²) >= 11 is 0. The molecule has 3 atom stereocenters. The highest BCUT2D eigenvalue weighted by molar-refractivity contribution is 7.88. The van der Waals surface area contributed by atoms with Gasteiger partial charge in [0, 0.05) is 57.8 Å². The van der Waals surface area contributed by atoms with E-state index in [-0.39, 0.29) is 22.9 Å². The van der Waals surface area contributed by atoms with Gasteiger partial charge in [0.2, 0.25) is 16.0 Å². The Morgan fingerprint density at radius 1 is 1.33 bits per heavy atom. The SMILES string of the molecule is [2H]C([2H])([2H])c1cc2cnc(NC3C([2H])([2H])CN(S(C)(=O)=O)CC3([2H])[2H])nc2n([C@@H]2CC[C@@H](O)[C@H]2C)c1=O. The molecule has 1 saturated heterocycles. The molecule has 2 N–H and O–H groups in total. The van der Waals surface area contributed by atoms with Crippen molar-refractivity contribution in [1.82, 2.24) is 18.8 Å². The monoisotopic (exact) mass is 442 g/mol. The van der Waals surface area contributed by atoms with Crippen LogP contribution in [-0.4, -0.2) is 63.9 Å². The van der Waals surface area contributed by atoms with Crippen molar-refractivity contribution < 1.29 is 23.1 Å². The number of nitrogens with zero attached hydrogens (tertiary/aromatic N) is 4. The van der Waals surface area contributed by atoms with Gasteiger partial charge >= 0.3 is 0 Å². The van der Waals surface area contributed by atoms with E-state index in [0.717, 1.165) is 10.6 Å². The maximum atomic E-state index is 13.4. The molecule has 2 fully saturated rings. The quantitative estimate of drug-likeness (QED) is 0.732. The summed E-state index contributed by atoms with van der Waals surface area (Å²) in [4.78, 5) is 21.8. The summed E-state index contributed by atoms with van der Waals surface area (Å²) in [6.45, 7) is -2.12. The first-order chi connectivity index (χ1) is 16.8. The average molecular weight is 443 g/mol. The largest absolute Gasteiger partial charge is 0.393 e. The summed E-state index contributed by atoms with van der Waals surface area (Å²) in [6.07, 6.45) is -2.43. The third-order valence-electron chi connectivity index (χ3n) is 5.76. The Morgan fingerprint density at radius 3 is 2.67 bits per heavy atom. The number of fused-ring (bicyclic) bond motifs is 1. The number of aromatic nitrogens is 3. The van der Waals surface area contributed by atoms with E-state index in [0.29, 0.717) is 12.8 Å². The van der Waals surface area contributed by atoms with Gasteiger partial charge in [-0.25, -0.2) is 17.7 Å². The third kappa shape index (κ3) is 3.95. The van der Waals surface area contributed by atoms with E-state index in [2.05, 4.69) is 15.3 Å². The van der Waals surface area contributed by atoms with Gasteiger partial charge in [-0.3, -0.25) is 9.36 Å². The summed E-state index contributed by atoms with van der Waals surface area (Å²) in [5, 5.41) is 13.2. The Labute approximate surface area is 186 Å². The van der Waals surface area contributed by atoms with Gasteiger partial charge in [-0.15, -0.1) is 0 Å². The van der Waals surface area contributed by atoms with Gasteiger partial charge in [0.05, 0.1) is 12.4 Å². The second-order valence-corrected chi connectivity index (χ2v) is 9.78. The van der Waals surface area contributed by atoms with Crippen LogP contribution in [0.2, 0.25) is 0 Å². The number of hydrogen-bond acceptors (Lipinski definition) is 7. The van der Waals surface area contributed by atoms with E-state index in [1.807, 2.05) is 0 Å². The highest BCUT2D eigenvalue weighted by Crippen LogP contribution is 2.36. The van der Waals surface area contributed by atoms with Crippen LogP contribution in [0, 0.1) is 12.8 Å². The minimum atomic E-state index is -3.85. The minimum Gasteiger partial charge on any atom is -0.393 e. The maximum absolute atomic E-state index is 13.4. The Kier molecular flexibility index (Phi) is 3.71. The topological polar surface area (TPSA) is 117 Å². The standard InChI is InChI=1S/C20H29N5O4S/c1-12-10-14-11-21-20(22-15-6-8-24(9-7-15)30(3,28)29)23-18(14)25(19(12)27)16-4-5-17(26)13(16)2/h10-11,13,15-17,26H,4-9H2,1-3H3,(H,21,22,23)/t13-,16+,17+/m0/s1/i1D3,6D2,7D2. The second kappa shape index (κ2) is 7.90. The van der Waals surface area contributed by atoms with Gasteiger partial charge in [-0.2, -0.15) is 4.98 Å². The van der Waals surface area contributed by atoms with Crippen LogP contribution in [0.1, 0.15) is 53.7 Å². The second-order valence-electron chi connectivity index (χ2n) is 7.79. The van der Waals surface area contributed by atoms with Crippen molar-refractivity contribution in [3.05, 3.63) is 28.2 Å². The predicted octanol–water partition coefficient (Wildman–Crippen LogP) is 1.27. The molecule has 0 spiro atoms. The smallest absolute Gasteiger partial charge is 0.255 e. The van der Waals surface area contributed by atoms with Crippen LogP contribution in [0.4, 0.5) is 5.95 Å². The summed E-state index contributed by atoms with van der Waals surface area (Å²) < 4.78 is 82.8. The number of aliphatic hydroxyl groups excluding tert-OH is 1. The zero-order valence-electron chi connectivity index (χ0n) is 23.7. The fraction of sp³-hybridized carbons (Fsp3) is 0.650. The Hall–Kier alpha value is -2.04. The minimum absolute atomic E-state index is 0.0659. The summed E-state index contributed by atoms with van der Waals surface area (Å²) in [7, 11) is -3.85. The van der Waals surface area contributed by atoms with E-state index in [1.54, 1.807) is 6.92 Å². The lowest BCUT2D eigenvalue weighted by atomic mass is 10.0. The van der Waals surface area contributed by atoms with Crippen molar-refractivity contribution in [1.29, 1.82) is 0 Å². The molecular formula is C20H29N5O4S. The van der Waals surface area contributed by atoms with Crippen LogP contribution < -0.4 is 10.9 Å². The number of rotatable bonds is 4. The van der Waals surface area contributed by atoms with Gasteiger partial charge in [0.1, 0.15) is 5.65 Å². The first kappa shape index (κ1) is 14.1. The number of anilines is 1. The molecule has 1 saturated carbocycles. The first-order valence-corrected chi connectivity index (χ1v) is 11.5. The highest BCUT2D eigenvalue weighted by Gasteiger charge is 2.34. The molecule has 0 aromatic carbocycles. The highest BCUT2D eigenvalue weighted by atomic mass is 32.2. The number of nitrogens with one attached hydrogen (secondary N) is 1. The van der Waals surface area contributed by atoms with Crippen LogP contribution in [0.15, 0.2) is 17.1 Å². The molecule has 30 heavy (non-hydrogen) atoms. The normalized spacial score (nSPS) is 33.6. The number of pyridine rings is 1. The van der Waals surface area contributed by atoms with E-state index in [9.17, 15) is 18.3 Å². The van der Waals surface area contributed by atoms with Crippen molar-refractivity contribution in [3.63, 3.8) is 0 Å². The lowest BCUT2D eigenvalue weighted by Crippen LogP contribution is -2.42. The van der Waals surface area contributed by atoms with Crippen LogP contribution in [0.25, 0.3) is 11.0 Å². The van der Waals surface area contributed by atoms with Gasteiger partial charge in [-0.05, 0) is 38.5 Å². The molecule has 2 aromatic heterocycles. The van der Waals surface area contributed by atoms with Crippen molar-refractivity contribution in [2.75, 3.05) is 24.7 Å². The zero-order valence-corrected chi connectivity index (χ0v) is 17.5. The molecule has 1 aliphatic carbocycles. The lowest BCUT2D eigenvalue weighted by molar-refractivity contribution is 0.129. The van der Waals surface area contributed by atoms with Gasteiger partial charge in [-0.1, -0.05) is 6.92 Å². The molecule has 2 aromatic rings. The molecule has 0 bridgehead atoms. The maximum Gasteiger partial charge on any atom is 0.255 e. The lowest BCUT2D eigenvalue weighted by Gasteiger charge is -2.30. The van der Waals surface area contributed by atoms with Gasteiger partial charge < -0.3 is 10.4 Å². The Balaban J connectivity index is 1.82. The first-order valence-electron chi connectivity index (χ1n) is 13.2. The van der Waals surface area contributed by atoms with Crippen molar-refractivity contribution in [2.24, 2.45) is 5.92 Å². The number of piperidine rings is 1. The van der Waals surface area contributed by atoms with Crippen molar-refractivity contribution >= 4 is 27.0 Å². The van der Waals surface area contributed by atoms with Crippen LogP contribution >= 0.6 is 0 Å². The van der Waals surface area contributed by atoms with Crippen LogP contribution in [-0.2, 0) is 10.0 Å². The van der Waals surface area contributed by atoms with Crippen molar-refractivity contribution in [3.8, 4) is 0 Å². The molecule has 164 valence electrons. The molecule has 4 rings (SSSR count). The van der Waals surface area contributed by atoms with E-state index in [4.69, 9.17) is 9.60 Å². The Bertz CT molecular complexity index is 1360. The molecule has 1 aliphatic heterocycles. The number of aliphatic hydroxyl groups is 1. The van der Waals surface area contributed by atoms with E-state index in [1.165, 1.54) is 16.8 Å². The molecule has 0 radical (unpaired) electrons. The summed E-state index contributed by atoms with van der Waals surface area (Å²) in [5.41, 5.74) is -1.13. The predicted molar refractivity (Wildman–Crippen MR) is 115 cm³/mol.